The summed E-state index contributed by atoms with van der Waals surface area (Å²) in [6.45, 7) is 1.48. The predicted octanol–water partition coefficient (Wildman–Crippen LogP) is 1.66. The van der Waals surface area contributed by atoms with Crippen molar-refractivity contribution < 1.29 is 8.78 Å². The van der Waals surface area contributed by atoms with Gasteiger partial charge < -0.3 is 5.73 Å². The lowest BCUT2D eigenvalue weighted by atomic mass is 10.1. The highest BCUT2D eigenvalue weighted by Gasteiger charge is 2.14. The number of nitrogens with two attached hydrogens (primary N) is 1. The van der Waals surface area contributed by atoms with E-state index in [1.54, 1.807) is 0 Å². The first kappa shape index (κ1) is 10.5. The molecule has 5 heteroatoms. The average molecular weight is 197 g/mol. The van der Waals surface area contributed by atoms with Crippen LogP contribution < -0.4 is 5.73 Å². The number of hydrogen-bond donors (Lipinski definition) is 1. The van der Waals surface area contributed by atoms with Gasteiger partial charge >= 0.3 is 0 Å². The molecule has 14 heavy (non-hydrogen) atoms. The fraction of sp³-hybridized carbons (Fsp3) is 0.333. The summed E-state index contributed by atoms with van der Waals surface area (Å²) >= 11 is 0. The summed E-state index contributed by atoms with van der Waals surface area (Å²) in [5.74, 6) is 0. The zero-order valence-corrected chi connectivity index (χ0v) is 7.59. The van der Waals surface area contributed by atoms with Crippen LogP contribution in [0, 0.1) is 18.3 Å². The van der Waals surface area contributed by atoms with Gasteiger partial charge in [-0.1, -0.05) is 0 Å². The molecule has 1 aromatic heterocycles. The minimum atomic E-state index is -2.58. The third kappa shape index (κ3) is 1.86. The van der Waals surface area contributed by atoms with E-state index in [-0.39, 0.29) is 23.5 Å². The molecule has 1 rings (SSSR count). The standard InChI is InChI=1S/C9H9F2N3/c1-5-7(9(10)11)2-6(3-12)8(4-13)14-5/h2,9H,3,12H2,1H3. The molecule has 0 fully saturated rings. The van der Waals surface area contributed by atoms with Gasteiger partial charge in [0.15, 0.2) is 0 Å². The van der Waals surface area contributed by atoms with Crippen LogP contribution in [0.2, 0.25) is 0 Å². The van der Waals surface area contributed by atoms with Gasteiger partial charge in [-0.3, -0.25) is 0 Å². The zero-order valence-electron chi connectivity index (χ0n) is 7.59. The molecule has 0 bridgehead atoms. The highest BCUT2D eigenvalue weighted by molar-refractivity contribution is 5.37. The van der Waals surface area contributed by atoms with E-state index in [0.29, 0.717) is 5.56 Å². The highest BCUT2D eigenvalue weighted by Crippen LogP contribution is 2.23. The first-order valence-corrected chi connectivity index (χ1v) is 3.99. The molecule has 0 unspecified atom stereocenters. The van der Waals surface area contributed by atoms with Crippen LogP contribution in [0.5, 0.6) is 0 Å². The molecule has 2 N–H and O–H groups in total. The monoisotopic (exact) mass is 197 g/mol. The van der Waals surface area contributed by atoms with Crippen molar-refractivity contribution in [1.29, 1.82) is 5.26 Å². The quantitative estimate of drug-likeness (QED) is 0.784. The summed E-state index contributed by atoms with van der Waals surface area (Å²) in [4.78, 5) is 3.76. The summed E-state index contributed by atoms with van der Waals surface area (Å²) in [6.07, 6.45) is -2.58. The van der Waals surface area contributed by atoms with Gasteiger partial charge in [0.1, 0.15) is 11.8 Å². The lowest BCUT2D eigenvalue weighted by molar-refractivity contribution is 0.150. The molecule has 74 valence electrons. The van der Waals surface area contributed by atoms with Crippen LogP contribution in [-0.2, 0) is 6.54 Å². The van der Waals surface area contributed by atoms with Crippen molar-refractivity contribution in [3.05, 3.63) is 28.6 Å². The molecule has 0 aromatic carbocycles. The van der Waals surface area contributed by atoms with Crippen LogP contribution in [0.3, 0.4) is 0 Å². The molecule has 0 aliphatic rings. The van der Waals surface area contributed by atoms with Gasteiger partial charge in [-0.2, -0.15) is 5.26 Å². The van der Waals surface area contributed by atoms with Crippen LogP contribution in [0.15, 0.2) is 6.07 Å². The fourth-order valence-electron chi connectivity index (χ4n) is 1.14. The van der Waals surface area contributed by atoms with Gasteiger partial charge in [0.2, 0.25) is 0 Å². The van der Waals surface area contributed by atoms with Gasteiger partial charge in [-0.25, -0.2) is 13.8 Å². The minimum absolute atomic E-state index is 0.0376. The van der Waals surface area contributed by atoms with Crippen LogP contribution in [-0.4, -0.2) is 4.98 Å². The number of halogens is 2. The maximum absolute atomic E-state index is 12.4. The predicted molar refractivity (Wildman–Crippen MR) is 46.5 cm³/mol. The van der Waals surface area contributed by atoms with Crippen molar-refractivity contribution in [3.8, 4) is 6.07 Å². The molecule has 0 saturated carbocycles. The Morgan fingerprint density at radius 1 is 1.64 bits per heavy atom. The van der Waals surface area contributed by atoms with Crippen molar-refractivity contribution in [2.24, 2.45) is 5.73 Å². The Morgan fingerprint density at radius 2 is 2.29 bits per heavy atom. The first-order valence-electron chi connectivity index (χ1n) is 3.99. The molecule has 0 amide bonds. The number of alkyl halides is 2. The first-order chi connectivity index (χ1) is 6.60. The molecule has 0 aliphatic heterocycles. The number of nitriles is 1. The number of pyridine rings is 1. The summed E-state index contributed by atoms with van der Waals surface area (Å²) < 4.78 is 24.8. The second-order valence-electron chi connectivity index (χ2n) is 2.79. The molecule has 0 spiro atoms. The normalized spacial score (nSPS) is 10.3. The summed E-state index contributed by atoms with van der Waals surface area (Å²) in [7, 11) is 0. The van der Waals surface area contributed by atoms with E-state index < -0.39 is 6.43 Å². The number of rotatable bonds is 2. The Bertz CT molecular complexity index is 382. The largest absolute Gasteiger partial charge is 0.326 e. The van der Waals surface area contributed by atoms with E-state index in [1.807, 2.05) is 6.07 Å². The minimum Gasteiger partial charge on any atom is -0.326 e. The third-order valence-electron chi connectivity index (χ3n) is 1.89. The number of hydrogen-bond acceptors (Lipinski definition) is 3. The average Bonchev–Trinajstić information content (AvgIpc) is 2.16. The molecule has 1 heterocycles. The summed E-state index contributed by atoms with van der Waals surface area (Å²) in [6, 6.07) is 3.06. The smallest absolute Gasteiger partial charge is 0.265 e. The van der Waals surface area contributed by atoms with Crippen molar-refractivity contribution in [2.75, 3.05) is 0 Å². The number of aryl methyl sites for hydroxylation is 1. The van der Waals surface area contributed by atoms with Gasteiger partial charge in [0, 0.05) is 23.4 Å². The van der Waals surface area contributed by atoms with E-state index in [9.17, 15) is 8.78 Å². The molecular formula is C9H9F2N3. The molecular weight excluding hydrogens is 188 g/mol. The molecule has 0 saturated heterocycles. The SMILES string of the molecule is Cc1nc(C#N)c(CN)cc1C(F)F. The van der Waals surface area contributed by atoms with E-state index in [2.05, 4.69) is 4.98 Å². The van der Waals surface area contributed by atoms with Gasteiger partial charge in [0.25, 0.3) is 6.43 Å². The van der Waals surface area contributed by atoms with Crippen molar-refractivity contribution >= 4 is 0 Å². The lowest BCUT2D eigenvalue weighted by Gasteiger charge is -2.07. The Labute approximate surface area is 80.2 Å². The zero-order chi connectivity index (χ0) is 10.7. The molecule has 0 radical (unpaired) electrons. The van der Waals surface area contributed by atoms with E-state index in [4.69, 9.17) is 11.0 Å². The molecule has 0 atom stereocenters. The summed E-state index contributed by atoms with van der Waals surface area (Å²) in [5.41, 5.74) is 5.80. The highest BCUT2D eigenvalue weighted by atomic mass is 19.3. The molecule has 1 aromatic rings. The third-order valence-corrected chi connectivity index (χ3v) is 1.89. The van der Waals surface area contributed by atoms with Gasteiger partial charge in [0.05, 0.1) is 0 Å². The second kappa shape index (κ2) is 4.11. The maximum Gasteiger partial charge on any atom is 0.265 e. The van der Waals surface area contributed by atoms with Crippen molar-refractivity contribution in [2.45, 2.75) is 19.9 Å². The topological polar surface area (TPSA) is 62.7 Å². The number of aromatic nitrogens is 1. The van der Waals surface area contributed by atoms with Crippen molar-refractivity contribution in [1.82, 2.24) is 4.98 Å². The van der Waals surface area contributed by atoms with E-state index in [1.165, 1.54) is 13.0 Å². The van der Waals surface area contributed by atoms with Crippen LogP contribution in [0.25, 0.3) is 0 Å². The van der Waals surface area contributed by atoms with Gasteiger partial charge in [-0.15, -0.1) is 0 Å². The van der Waals surface area contributed by atoms with Gasteiger partial charge in [-0.05, 0) is 13.0 Å². The van der Waals surface area contributed by atoms with E-state index >= 15 is 0 Å². The fourth-order valence-corrected chi connectivity index (χ4v) is 1.14. The van der Waals surface area contributed by atoms with Crippen LogP contribution in [0.4, 0.5) is 8.78 Å². The number of nitrogens with zero attached hydrogens (tertiary/aromatic N) is 2. The maximum atomic E-state index is 12.4. The Hall–Kier alpha value is -1.54. The Morgan fingerprint density at radius 3 is 2.71 bits per heavy atom. The van der Waals surface area contributed by atoms with Crippen LogP contribution >= 0.6 is 0 Å². The Kier molecular flexibility index (Phi) is 3.10. The molecule has 0 aliphatic carbocycles. The summed E-state index contributed by atoms with van der Waals surface area (Å²) in [5, 5.41) is 8.65. The molecule has 3 nitrogen and oxygen atoms in total. The van der Waals surface area contributed by atoms with E-state index in [0.717, 1.165) is 0 Å². The lowest BCUT2D eigenvalue weighted by Crippen LogP contribution is -2.05. The van der Waals surface area contributed by atoms with Crippen molar-refractivity contribution in [3.63, 3.8) is 0 Å². The van der Waals surface area contributed by atoms with Crippen LogP contribution in [0.1, 0.15) is 28.9 Å². The Balaban J connectivity index is 3.32. The second-order valence-corrected chi connectivity index (χ2v) is 2.79.